The molecule has 0 bridgehead atoms. The number of amides is 3. The fourth-order valence-electron chi connectivity index (χ4n) is 4.75. The molecule has 1 saturated heterocycles. The van der Waals surface area contributed by atoms with Crippen LogP contribution in [0.3, 0.4) is 0 Å². The van der Waals surface area contributed by atoms with Gasteiger partial charge in [0.25, 0.3) is 0 Å². The Kier molecular flexibility index (Phi) is 7.27. The maximum atomic E-state index is 13.1. The second kappa shape index (κ2) is 10.5. The molecule has 2 aromatic carbocycles. The van der Waals surface area contributed by atoms with Crippen molar-refractivity contribution in [3.8, 4) is 11.5 Å². The molecule has 32 heavy (non-hydrogen) atoms. The lowest BCUT2D eigenvalue weighted by atomic mass is 10.0. The fraction of sp³-hybridized carbons (Fsp3) is 0.440. The van der Waals surface area contributed by atoms with Crippen LogP contribution in [0.1, 0.15) is 43.7 Å². The second-order valence-corrected chi connectivity index (χ2v) is 8.61. The highest BCUT2D eigenvalue weighted by Gasteiger charge is 2.29. The smallest absolute Gasteiger partial charge is 0.312 e. The highest BCUT2D eigenvalue weighted by Crippen LogP contribution is 2.27. The van der Waals surface area contributed by atoms with E-state index in [9.17, 15) is 9.59 Å². The van der Waals surface area contributed by atoms with E-state index in [0.717, 1.165) is 37.5 Å². The highest BCUT2D eigenvalue weighted by atomic mass is 16.5. The molecule has 1 saturated carbocycles. The molecule has 0 radical (unpaired) electrons. The van der Waals surface area contributed by atoms with E-state index in [2.05, 4.69) is 10.2 Å². The number of carbonyl (C=O) groups is 2. The summed E-state index contributed by atoms with van der Waals surface area (Å²) < 4.78 is 5.91. The summed E-state index contributed by atoms with van der Waals surface area (Å²) in [5.74, 6) is 1.40. The molecule has 3 N–H and O–H groups in total. The van der Waals surface area contributed by atoms with Crippen LogP contribution in [0, 0.1) is 0 Å². The number of nitrogens with zero attached hydrogens (tertiary/aromatic N) is 2. The van der Waals surface area contributed by atoms with Gasteiger partial charge >= 0.3 is 6.03 Å². The van der Waals surface area contributed by atoms with Crippen LogP contribution < -0.4 is 15.8 Å². The highest BCUT2D eigenvalue weighted by molar-refractivity contribution is 5.79. The Morgan fingerprint density at radius 2 is 1.66 bits per heavy atom. The predicted molar refractivity (Wildman–Crippen MR) is 123 cm³/mol. The Morgan fingerprint density at radius 3 is 2.34 bits per heavy atom. The molecule has 2 fully saturated rings. The third-order valence-electron chi connectivity index (χ3n) is 6.44. The topological polar surface area (TPSA) is 87.9 Å². The van der Waals surface area contributed by atoms with Crippen molar-refractivity contribution < 1.29 is 14.3 Å². The Bertz CT molecular complexity index is 906. The Hall–Kier alpha value is -3.06. The van der Waals surface area contributed by atoms with Gasteiger partial charge in [0.2, 0.25) is 5.91 Å². The molecule has 1 atom stereocenters. The summed E-state index contributed by atoms with van der Waals surface area (Å²) in [6.45, 7) is 3.31. The van der Waals surface area contributed by atoms with Gasteiger partial charge in [-0.3, -0.25) is 9.69 Å². The van der Waals surface area contributed by atoms with Gasteiger partial charge < -0.3 is 20.7 Å². The molecule has 7 heteroatoms. The van der Waals surface area contributed by atoms with Crippen LogP contribution in [0.15, 0.2) is 54.6 Å². The first-order chi connectivity index (χ1) is 15.6. The lowest BCUT2D eigenvalue weighted by Crippen LogP contribution is -2.52. The molecule has 0 spiro atoms. The van der Waals surface area contributed by atoms with Crippen molar-refractivity contribution in [2.75, 3.05) is 26.2 Å². The first-order valence-corrected chi connectivity index (χ1v) is 11.5. The standard InChI is InChI=1S/C25H32N4O3/c26-25(31)27-23(19-7-6-12-22(17-19)32-21-10-2-1-3-11-21)18-24(30)29-15-13-28(14-16-29)20-8-4-5-9-20/h1-3,6-7,10-12,17,20,23H,4-5,8-9,13-16,18H2,(H3,26,27,31). The van der Waals surface area contributed by atoms with E-state index in [1.54, 1.807) is 0 Å². The number of ether oxygens (including phenoxy) is 1. The van der Waals surface area contributed by atoms with Crippen LogP contribution in [-0.2, 0) is 4.79 Å². The number of primary amides is 1. The maximum Gasteiger partial charge on any atom is 0.312 e. The van der Waals surface area contributed by atoms with Crippen molar-refractivity contribution in [3.63, 3.8) is 0 Å². The van der Waals surface area contributed by atoms with Crippen LogP contribution in [-0.4, -0.2) is 54.0 Å². The molecule has 170 valence electrons. The summed E-state index contributed by atoms with van der Waals surface area (Å²) in [7, 11) is 0. The third-order valence-corrected chi connectivity index (χ3v) is 6.44. The van der Waals surface area contributed by atoms with Crippen LogP contribution in [0.5, 0.6) is 11.5 Å². The fourth-order valence-corrected chi connectivity index (χ4v) is 4.75. The summed E-state index contributed by atoms with van der Waals surface area (Å²) in [6.07, 6.45) is 5.36. The third kappa shape index (κ3) is 5.79. The zero-order valence-corrected chi connectivity index (χ0v) is 18.4. The molecule has 2 aromatic rings. The Morgan fingerprint density at radius 1 is 0.969 bits per heavy atom. The van der Waals surface area contributed by atoms with Crippen molar-refractivity contribution in [1.82, 2.24) is 15.1 Å². The van der Waals surface area contributed by atoms with E-state index in [0.29, 0.717) is 11.8 Å². The lowest BCUT2D eigenvalue weighted by molar-refractivity contribution is -0.133. The summed E-state index contributed by atoms with van der Waals surface area (Å²) in [4.78, 5) is 29.1. The summed E-state index contributed by atoms with van der Waals surface area (Å²) in [6, 6.07) is 16.4. The number of nitrogens with one attached hydrogen (secondary N) is 1. The van der Waals surface area contributed by atoms with E-state index in [-0.39, 0.29) is 12.3 Å². The van der Waals surface area contributed by atoms with E-state index in [4.69, 9.17) is 10.5 Å². The van der Waals surface area contributed by atoms with E-state index in [1.807, 2.05) is 59.5 Å². The molecule has 0 aromatic heterocycles. The number of para-hydroxylation sites is 1. The van der Waals surface area contributed by atoms with Gasteiger partial charge in [-0.1, -0.05) is 43.2 Å². The minimum atomic E-state index is -0.650. The number of rotatable bonds is 7. The number of urea groups is 1. The molecule has 7 nitrogen and oxygen atoms in total. The van der Waals surface area contributed by atoms with Crippen molar-refractivity contribution in [1.29, 1.82) is 0 Å². The molecule has 2 aliphatic rings. The first kappa shape index (κ1) is 22.1. The molecule has 3 amide bonds. The molecule has 4 rings (SSSR count). The number of hydrogen-bond donors (Lipinski definition) is 2. The Labute approximate surface area is 189 Å². The largest absolute Gasteiger partial charge is 0.457 e. The monoisotopic (exact) mass is 436 g/mol. The van der Waals surface area contributed by atoms with Gasteiger partial charge in [-0.15, -0.1) is 0 Å². The van der Waals surface area contributed by atoms with Gasteiger partial charge in [0.15, 0.2) is 0 Å². The van der Waals surface area contributed by atoms with Gasteiger partial charge in [-0.25, -0.2) is 4.79 Å². The van der Waals surface area contributed by atoms with Gasteiger partial charge in [0, 0.05) is 32.2 Å². The molecular weight excluding hydrogens is 404 g/mol. The number of piperazine rings is 1. The van der Waals surface area contributed by atoms with Crippen molar-refractivity contribution in [2.24, 2.45) is 5.73 Å². The zero-order chi connectivity index (χ0) is 22.3. The molecule has 1 aliphatic carbocycles. The van der Waals surface area contributed by atoms with Crippen LogP contribution in [0.2, 0.25) is 0 Å². The molecular formula is C25H32N4O3. The molecule has 1 aliphatic heterocycles. The predicted octanol–water partition coefficient (Wildman–Crippen LogP) is 3.67. The van der Waals surface area contributed by atoms with Gasteiger partial charge in [0.05, 0.1) is 12.5 Å². The molecule has 1 unspecified atom stereocenters. The zero-order valence-electron chi connectivity index (χ0n) is 18.4. The van der Waals surface area contributed by atoms with E-state index >= 15 is 0 Å². The van der Waals surface area contributed by atoms with Crippen LogP contribution in [0.4, 0.5) is 4.79 Å². The summed E-state index contributed by atoms with van der Waals surface area (Å²) in [5.41, 5.74) is 6.21. The van der Waals surface area contributed by atoms with Gasteiger partial charge in [-0.05, 0) is 42.7 Å². The average Bonchev–Trinajstić information content (AvgIpc) is 3.34. The minimum absolute atomic E-state index is 0.0317. The normalized spacial score (nSPS) is 18.3. The van der Waals surface area contributed by atoms with Crippen molar-refractivity contribution in [3.05, 3.63) is 60.2 Å². The Balaban J connectivity index is 1.39. The lowest BCUT2D eigenvalue weighted by Gasteiger charge is -2.38. The van der Waals surface area contributed by atoms with E-state index in [1.165, 1.54) is 25.7 Å². The quantitative estimate of drug-likeness (QED) is 0.693. The number of nitrogens with two attached hydrogens (primary N) is 1. The summed E-state index contributed by atoms with van der Waals surface area (Å²) >= 11 is 0. The number of benzene rings is 2. The summed E-state index contributed by atoms with van der Waals surface area (Å²) in [5, 5.41) is 2.74. The maximum absolute atomic E-state index is 13.1. The van der Waals surface area contributed by atoms with Gasteiger partial charge in [-0.2, -0.15) is 0 Å². The SMILES string of the molecule is NC(=O)NC(CC(=O)N1CCN(C2CCCC2)CC1)c1cccc(Oc2ccccc2)c1. The van der Waals surface area contributed by atoms with Crippen LogP contribution in [0.25, 0.3) is 0 Å². The van der Waals surface area contributed by atoms with Gasteiger partial charge in [0.1, 0.15) is 11.5 Å². The average molecular weight is 437 g/mol. The molecule has 1 heterocycles. The number of hydrogen-bond acceptors (Lipinski definition) is 4. The van der Waals surface area contributed by atoms with E-state index < -0.39 is 12.1 Å². The first-order valence-electron chi connectivity index (χ1n) is 11.5. The van der Waals surface area contributed by atoms with Crippen molar-refractivity contribution >= 4 is 11.9 Å². The second-order valence-electron chi connectivity index (χ2n) is 8.61. The minimum Gasteiger partial charge on any atom is -0.457 e. The van der Waals surface area contributed by atoms with Crippen molar-refractivity contribution in [2.45, 2.75) is 44.2 Å². The van der Waals surface area contributed by atoms with Crippen LogP contribution >= 0.6 is 0 Å². The number of carbonyl (C=O) groups excluding carboxylic acids is 2.